The average molecular weight is 477 g/mol. The molecule has 2 aliphatic rings. The Hall–Kier alpha value is -3.58. The van der Waals surface area contributed by atoms with Crippen molar-refractivity contribution in [2.75, 3.05) is 42.5 Å². The highest BCUT2D eigenvalue weighted by Gasteiger charge is 2.32. The molecule has 0 saturated carbocycles. The summed E-state index contributed by atoms with van der Waals surface area (Å²) in [6.07, 6.45) is 1.57. The fraction of sp³-hybridized carbons (Fsp3) is 0.269. The number of pyridine rings is 1. The van der Waals surface area contributed by atoms with Crippen molar-refractivity contribution in [3.63, 3.8) is 0 Å². The molecule has 3 heterocycles. The predicted octanol–water partition coefficient (Wildman–Crippen LogP) is 4.45. The van der Waals surface area contributed by atoms with Gasteiger partial charge in [-0.15, -0.1) is 0 Å². The van der Waals surface area contributed by atoms with Crippen LogP contribution in [0.25, 0.3) is 0 Å². The molecule has 0 atom stereocenters. The SMILES string of the molecule is Cc1cccc(N2CCN(C(=O)CN3C(=O)c4cccnc4Oc4ccc(Cl)cc43)CC2)c1C. The van der Waals surface area contributed by atoms with E-state index in [1.54, 1.807) is 36.5 Å². The Morgan fingerprint density at radius 2 is 1.82 bits per heavy atom. The van der Waals surface area contributed by atoms with E-state index in [9.17, 15) is 9.59 Å². The van der Waals surface area contributed by atoms with Crippen molar-refractivity contribution < 1.29 is 14.3 Å². The molecule has 3 aromatic rings. The monoisotopic (exact) mass is 476 g/mol. The second-order valence-electron chi connectivity index (χ2n) is 8.55. The summed E-state index contributed by atoms with van der Waals surface area (Å²) in [5.41, 5.74) is 4.49. The average Bonchev–Trinajstić information content (AvgIpc) is 2.96. The lowest BCUT2D eigenvalue weighted by molar-refractivity contribution is -0.129. The van der Waals surface area contributed by atoms with Gasteiger partial charge < -0.3 is 14.5 Å². The molecule has 0 spiro atoms. The van der Waals surface area contributed by atoms with Crippen LogP contribution in [0.1, 0.15) is 21.5 Å². The third-order valence-electron chi connectivity index (χ3n) is 6.51. The van der Waals surface area contributed by atoms with Gasteiger partial charge in [-0.1, -0.05) is 23.7 Å². The first-order valence-electron chi connectivity index (χ1n) is 11.3. The molecule has 8 heteroatoms. The topological polar surface area (TPSA) is 66.0 Å². The van der Waals surface area contributed by atoms with E-state index in [0.717, 1.165) is 13.1 Å². The minimum Gasteiger partial charge on any atom is -0.436 e. The van der Waals surface area contributed by atoms with E-state index >= 15 is 0 Å². The van der Waals surface area contributed by atoms with Gasteiger partial charge in [0, 0.05) is 43.1 Å². The Bertz CT molecular complexity index is 1270. The van der Waals surface area contributed by atoms with E-state index in [1.165, 1.54) is 21.7 Å². The number of benzene rings is 2. The zero-order chi connectivity index (χ0) is 23.8. The summed E-state index contributed by atoms with van der Waals surface area (Å²) in [6.45, 7) is 6.79. The second kappa shape index (κ2) is 8.99. The number of ether oxygens (including phenoxy) is 1. The van der Waals surface area contributed by atoms with Crippen molar-refractivity contribution in [1.29, 1.82) is 0 Å². The van der Waals surface area contributed by atoms with Gasteiger partial charge in [0.05, 0.1) is 5.69 Å². The van der Waals surface area contributed by atoms with Crippen molar-refractivity contribution in [3.05, 3.63) is 76.4 Å². The van der Waals surface area contributed by atoms with Crippen LogP contribution in [-0.2, 0) is 4.79 Å². The number of aromatic nitrogens is 1. The molecule has 7 nitrogen and oxygen atoms in total. The Morgan fingerprint density at radius 1 is 1.03 bits per heavy atom. The number of piperazine rings is 1. The Kier molecular flexibility index (Phi) is 5.87. The van der Waals surface area contributed by atoms with Crippen LogP contribution >= 0.6 is 11.6 Å². The van der Waals surface area contributed by atoms with Gasteiger partial charge in [0.25, 0.3) is 5.91 Å². The van der Waals surface area contributed by atoms with Crippen LogP contribution in [-0.4, -0.2) is 54.4 Å². The molecule has 2 aliphatic heterocycles. The molecule has 1 aromatic heterocycles. The van der Waals surface area contributed by atoms with Gasteiger partial charge in [-0.3, -0.25) is 14.5 Å². The lowest BCUT2D eigenvalue weighted by Gasteiger charge is -2.37. The number of anilines is 2. The van der Waals surface area contributed by atoms with Crippen molar-refractivity contribution in [2.45, 2.75) is 13.8 Å². The minimum absolute atomic E-state index is 0.104. The molecule has 2 amide bonds. The number of amides is 2. The highest BCUT2D eigenvalue weighted by atomic mass is 35.5. The summed E-state index contributed by atoms with van der Waals surface area (Å²) < 4.78 is 5.91. The highest BCUT2D eigenvalue weighted by molar-refractivity contribution is 6.31. The number of halogens is 1. The van der Waals surface area contributed by atoms with Gasteiger partial charge in [-0.05, 0) is 61.4 Å². The summed E-state index contributed by atoms with van der Waals surface area (Å²) in [5.74, 6) is 0.189. The standard InChI is InChI=1S/C26H25ClN4O3/c1-17-5-3-7-21(18(17)2)29-11-13-30(14-12-29)24(32)16-31-22-15-19(27)8-9-23(22)34-25-20(26(31)33)6-4-10-28-25/h3-10,15H,11-14,16H2,1-2H3. The number of fused-ring (bicyclic) bond motifs is 2. The van der Waals surface area contributed by atoms with Gasteiger partial charge in [0.1, 0.15) is 12.1 Å². The van der Waals surface area contributed by atoms with Gasteiger partial charge in [0.2, 0.25) is 11.8 Å². The van der Waals surface area contributed by atoms with Crippen LogP contribution in [0.15, 0.2) is 54.7 Å². The predicted molar refractivity (Wildman–Crippen MR) is 132 cm³/mol. The molecular formula is C26H25ClN4O3. The van der Waals surface area contributed by atoms with E-state index < -0.39 is 0 Å². The van der Waals surface area contributed by atoms with Crippen LogP contribution < -0.4 is 14.5 Å². The first-order valence-corrected chi connectivity index (χ1v) is 11.6. The van der Waals surface area contributed by atoms with Gasteiger partial charge in [-0.25, -0.2) is 4.98 Å². The van der Waals surface area contributed by atoms with E-state index in [2.05, 4.69) is 41.9 Å². The summed E-state index contributed by atoms with van der Waals surface area (Å²) >= 11 is 6.23. The number of hydrogen-bond donors (Lipinski definition) is 0. The fourth-order valence-electron chi connectivity index (χ4n) is 4.45. The molecule has 1 saturated heterocycles. The highest BCUT2D eigenvalue weighted by Crippen LogP contribution is 2.39. The molecule has 5 rings (SSSR count). The molecule has 0 radical (unpaired) electrons. The first kappa shape index (κ1) is 22.2. The molecule has 0 N–H and O–H groups in total. The zero-order valence-corrected chi connectivity index (χ0v) is 19.9. The number of hydrogen-bond acceptors (Lipinski definition) is 5. The Balaban J connectivity index is 1.36. The quantitative estimate of drug-likeness (QED) is 0.558. The maximum absolute atomic E-state index is 13.4. The molecule has 1 fully saturated rings. The van der Waals surface area contributed by atoms with E-state index in [4.69, 9.17) is 16.3 Å². The van der Waals surface area contributed by atoms with Crippen LogP contribution in [0.3, 0.4) is 0 Å². The lowest BCUT2D eigenvalue weighted by Crippen LogP contribution is -2.52. The summed E-state index contributed by atoms with van der Waals surface area (Å²) in [4.78, 5) is 36.5. The van der Waals surface area contributed by atoms with Crippen LogP contribution in [0.4, 0.5) is 11.4 Å². The van der Waals surface area contributed by atoms with Gasteiger partial charge in [0.15, 0.2) is 5.75 Å². The van der Waals surface area contributed by atoms with E-state index in [1.807, 2.05) is 4.90 Å². The lowest BCUT2D eigenvalue weighted by atomic mass is 10.1. The van der Waals surface area contributed by atoms with Crippen molar-refractivity contribution in [1.82, 2.24) is 9.88 Å². The maximum atomic E-state index is 13.4. The van der Waals surface area contributed by atoms with Gasteiger partial charge in [-0.2, -0.15) is 0 Å². The van der Waals surface area contributed by atoms with Gasteiger partial charge >= 0.3 is 0 Å². The number of rotatable bonds is 3. The molecule has 34 heavy (non-hydrogen) atoms. The molecule has 0 aliphatic carbocycles. The summed E-state index contributed by atoms with van der Waals surface area (Å²) in [6, 6.07) is 14.7. The molecular weight excluding hydrogens is 452 g/mol. The number of carbonyl (C=O) groups excluding carboxylic acids is 2. The summed E-state index contributed by atoms with van der Waals surface area (Å²) in [7, 11) is 0. The number of carbonyl (C=O) groups is 2. The first-order chi connectivity index (χ1) is 16.4. The van der Waals surface area contributed by atoms with Crippen LogP contribution in [0.2, 0.25) is 5.02 Å². The molecule has 174 valence electrons. The normalized spacial score (nSPS) is 15.4. The molecule has 0 unspecified atom stereocenters. The third kappa shape index (κ3) is 4.07. The van der Waals surface area contributed by atoms with E-state index in [0.29, 0.717) is 35.1 Å². The maximum Gasteiger partial charge on any atom is 0.264 e. The largest absolute Gasteiger partial charge is 0.436 e. The summed E-state index contributed by atoms with van der Waals surface area (Å²) in [5, 5.41) is 0.452. The van der Waals surface area contributed by atoms with Crippen molar-refractivity contribution in [2.24, 2.45) is 0 Å². The smallest absolute Gasteiger partial charge is 0.264 e. The fourth-order valence-corrected chi connectivity index (χ4v) is 4.62. The minimum atomic E-state index is -0.341. The third-order valence-corrected chi connectivity index (χ3v) is 6.74. The molecule has 2 aromatic carbocycles. The zero-order valence-electron chi connectivity index (χ0n) is 19.1. The van der Waals surface area contributed by atoms with E-state index in [-0.39, 0.29) is 24.2 Å². The van der Waals surface area contributed by atoms with Crippen LogP contribution in [0, 0.1) is 13.8 Å². The van der Waals surface area contributed by atoms with Crippen molar-refractivity contribution in [3.8, 4) is 11.6 Å². The number of nitrogens with zero attached hydrogens (tertiary/aromatic N) is 4. The second-order valence-corrected chi connectivity index (χ2v) is 8.98. The number of aryl methyl sites for hydroxylation is 1. The molecule has 0 bridgehead atoms. The van der Waals surface area contributed by atoms with Crippen molar-refractivity contribution >= 4 is 34.8 Å². The Morgan fingerprint density at radius 3 is 2.62 bits per heavy atom. The van der Waals surface area contributed by atoms with Crippen LogP contribution in [0.5, 0.6) is 11.6 Å². The Labute approximate surface area is 203 Å².